The molecule has 0 N–H and O–H groups in total. The lowest BCUT2D eigenvalue weighted by Crippen LogP contribution is -2.14. The SMILES string of the molecule is COc1cccc(-c2c(-c3ccccc3)c3ccccc3n2S(=O)(=O)c2ccc(C)cc2)c1. The molecule has 5 aromatic rings. The van der Waals surface area contributed by atoms with Crippen molar-refractivity contribution in [2.45, 2.75) is 11.8 Å². The number of ether oxygens (including phenoxy) is 1. The fourth-order valence-corrected chi connectivity index (χ4v) is 5.75. The van der Waals surface area contributed by atoms with Gasteiger partial charge in [0.05, 0.1) is 23.2 Å². The summed E-state index contributed by atoms with van der Waals surface area (Å²) in [5.74, 6) is 0.663. The lowest BCUT2D eigenvalue weighted by atomic mass is 9.98. The first-order chi connectivity index (χ1) is 16.0. The molecule has 0 saturated heterocycles. The molecule has 0 aliphatic carbocycles. The summed E-state index contributed by atoms with van der Waals surface area (Å²) in [4.78, 5) is 0.248. The average Bonchev–Trinajstić information content (AvgIpc) is 3.21. The van der Waals surface area contributed by atoms with Crippen LogP contribution in [0.2, 0.25) is 0 Å². The molecule has 0 amide bonds. The number of hydrogen-bond acceptors (Lipinski definition) is 3. The number of fused-ring (bicyclic) bond motifs is 1. The Labute approximate surface area is 193 Å². The van der Waals surface area contributed by atoms with Crippen LogP contribution in [0.15, 0.2) is 108 Å². The highest BCUT2D eigenvalue weighted by Crippen LogP contribution is 2.43. The second-order valence-electron chi connectivity index (χ2n) is 7.92. The van der Waals surface area contributed by atoms with Crippen molar-refractivity contribution in [1.29, 1.82) is 0 Å². The van der Waals surface area contributed by atoms with Crippen LogP contribution in [0, 0.1) is 6.92 Å². The van der Waals surface area contributed by atoms with E-state index in [2.05, 4.69) is 0 Å². The quantitative estimate of drug-likeness (QED) is 0.304. The molecule has 33 heavy (non-hydrogen) atoms. The zero-order chi connectivity index (χ0) is 23.0. The summed E-state index contributed by atoms with van der Waals surface area (Å²) in [6.45, 7) is 1.94. The standard InChI is InChI=1S/C28H23NO3S/c1-20-15-17-24(18-16-20)33(30,31)29-26-14-7-6-13-25(26)27(21-9-4-3-5-10-21)28(29)22-11-8-12-23(19-22)32-2/h3-19H,1-2H3. The van der Waals surface area contributed by atoms with Crippen LogP contribution in [0.4, 0.5) is 0 Å². The van der Waals surface area contributed by atoms with Crippen molar-refractivity contribution in [2.75, 3.05) is 7.11 Å². The number of methoxy groups -OCH3 is 1. The van der Waals surface area contributed by atoms with E-state index in [-0.39, 0.29) is 4.90 Å². The van der Waals surface area contributed by atoms with Crippen LogP contribution >= 0.6 is 0 Å². The van der Waals surface area contributed by atoms with Gasteiger partial charge in [-0.15, -0.1) is 0 Å². The monoisotopic (exact) mass is 453 g/mol. The maximum absolute atomic E-state index is 14.1. The van der Waals surface area contributed by atoms with E-state index in [1.807, 2.05) is 97.9 Å². The fraction of sp³-hybridized carbons (Fsp3) is 0.0714. The summed E-state index contributed by atoms with van der Waals surface area (Å²) in [5, 5.41) is 0.872. The minimum Gasteiger partial charge on any atom is -0.497 e. The van der Waals surface area contributed by atoms with Gasteiger partial charge in [0.25, 0.3) is 10.0 Å². The molecule has 0 aliphatic rings. The summed E-state index contributed by atoms with van der Waals surface area (Å²) in [6, 6.07) is 32.0. The van der Waals surface area contributed by atoms with Gasteiger partial charge in [-0.05, 0) is 42.8 Å². The zero-order valence-electron chi connectivity index (χ0n) is 18.4. The molecule has 0 fully saturated rings. The van der Waals surface area contributed by atoms with Crippen LogP contribution < -0.4 is 4.74 Å². The van der Waals surface area contributed by atoms with Gasteiger partial charge in [-0.1, -0.05) is 78.4 Å². The number of aromatic nitrogens is 1. The van der Waals surface area contributed by atoms with Gasteiger partial charge in [-0.25, -0.2) is 12.4 Å². The molecule has 164 valence electrons. The maximum atomic E-state index is 14.1. The molecule has 1 heterocycles. The van der Waals surface area contributed by atoms with E-state index in [1.165, 1.54) is 3.97 Å². The average molecular weight is 454 g/mol. The number of para-hydroxylation sites is 1. The van der Waals surface area contributed by atoms with Crippen LogP contribution in [0.5, 0.6) is 5.75 Å². The first-order valence-corrected chi connectivity index (χ1v) is 12.1. The van der Waals surface area contributed by atoms with E-state index in [1.54, 1.807) is 19.2 Å². The zero-order valence-corrected chi connectivity index (χ0v) is 19.2. The van der Waals surface area contributed by atoms with Crippen molar-refractivity contribution in [2.24, 2.45) is 0 Å². The van der Waals surface area contributed by atoms with Crippen molar-refractivity contribution in [3.63, 3.8) is 0 Å². The Bertz CT molecular complexity index is 1550. The van der Waals surface area contributed by atoms with Crippen molar-refractivity contribution >= 4 is 20.9 Å². The van der Waals surface area contributed by atoms with Crippen molar-refractivity contribution in [3.05, 3.63) is 109 Å². The first kappa shape index (κ1) is 21.0. The summed E-state index contributed by atoms with van der Waals surface area (Å²) in [5.41, 5.74) is 4.83. The van der Waals surface area contributed by atoms with Gasteiger partial charge in [0.2, 0.25) is 0 Å². The van der Waals surface area contributed by atoms with Gasteiger partial charge in [0.15, 0.2) is 0 Å². The molecule has 4 aromatic carbocycles. The number of nitrogens with zero attached hydrogens (tertiary/aromatic N) is 1. The van der Waals surface area contributed by atoms with Gasteiger partial charge >= 0.3 is 0 Å². The minimum absolute atomic E-state index is 0.248. The largest absolute Gasteiger partial charge is 0.497 e. The highest BCUT2D eigenvalue weighted by atomic mass is 32.2. The normalized spacial score (nSPS) is 11.6. The molecular formula is C28H23NO3S. The predicted molar refractivity (Wildman–Crippen MR) is 133 cm³/mol. The van der Waals surface area contributed by atoms with Crippen LogP contribution in [-0.2, 0) is 10.0 Å². The molecule has 0 radical (unpaired) electrons. The third-order valence-electron chi connectivity index (χ3n) is 5.80. The van der Waals surface area contributed by atoms with Crippen molar-refractivity contribution in [1.82, 2.24) is 3.97 Å². The first-order valence-electron chi connectivity index (χ1n) is 10.7. The van der Waals surface area contributed by atoms with E-state index in [0.717, 1.165) is 27.6 Å². The molecule has 0 spiro atoms. The van der Waals surface area contributed by atoms with Crippen LogP contribution in [0.3, 0.4) is 0 Å². The smallest absolute Gasteiger partial charge is 0.268 e. The summed E-state index contributed by atoms with van der Waals surface area (Å²) < 4.78 is 35.1. The second kappa shape index (κ2) is 8.26. The highest BCUT2D eigenvalue weighted by molar-refractivity contribution is 7.90. The van der Waals surface area contributed by atoms with Crippen molar-refractivity contribution < 1.29 is 13.2 Å². The van der Waals surface area contributed by atoms with Gasteiger partial charge in [-0.3, -0.25) is 0 Å². The molecule has 0 unspecified atom stereocenters. The molecule has 0 aliphatic heterocycles. The fourth-order valence-electron chi connectivity index (χ4n) is 4.21. The Morgan fingerprint density at radius 2 is 1.39 bits per heavy atom. The van der Waals surface area contributed by atoms with Gasteiger partial charge in [0.1, 0.15) is 5.75 Å². The Balaban J connectivity index is 1.94. The summed E-state index contributed by atoms with van der Waals surface area (Å²) in [7, 11) is -2.29. The van der Waals surface area contributed by atoms with E-state index < -0.39 is 10.0 Å². The lowest BCUT2D eigenvalue weighted by molar-refractivity contribution is 0.415. The van der Waals surface area contributed by atoms with Crippen LogP contribution in [-0.4, -0.2) is 19.5 Å². The van der Waals surface area contributed by atoms with E-state index in [0.29, 0.717) is 17.0 Å². The minimum atomic E-state index is -3.89. The molecule has 5 rings (SSSR count). The number of aryl methyl sites for hydroxylation is 1. The maximum Gasteiger partial charge on any atom is 0.268 e. The van der Waals surface area contributed by atoms with E-state index in [4.69, 9.17) is 4.74 Å². The molecule has 4 nitrogen and oxygen atoms in total. The number of rotatable bonds is 5. The Kier molecular flexibility index (Phi) is 5.27. The number of benzene rings is 4. The highest BCUT2D eigenvalue weighted by Gasteiger charge is 2.28. The molecule has 1 aromatic heterocycles. The van der Waals surface area contributed by atoms with Crippen molar-refractivity contribution in [3.8, 4) is 28.1 Å². The van der Waals surface area contributed by atoms with Gasteiger partial charge in [-0.2, -0.15) is 0 Å². The Morgan fingerprint density at radius 1 is 0.727 bits per heavy atom. The van der Waals surface area contributed by atoms with Crippen LogP contribution in [0.25, 0.3) is 33.3 Å². The third kappa shape index (κ3) is 3.60. The lowest BCUT2D eigenvalue weighted by Gasteiger charge is -2.15. The second-order valence-corrected chi connectivity index (χ2v) is 9.71. The summed E-state index contributed by atoms with van der Waals surface area (Å²) in [6.07, 6.45) is 0. The third-order valence-corrected chi connectivity index (χ3v) is 7.52. The van der Waals surface area contributed by atoms with Gasteiger partial charge in [0, 0.05) is 16.5 Å². The van der Waals surface area contributed by atoms with E-state index >= 15 is 0 Å². The van der Waals surface area contributed by atoms with Gasteiger partial charge < -0.3 is 4.74 Å². The Hall–Kier alpha value is -3.83. The molecule has 0 saturated carbocycles. The summed E-state index contributed by atoms with van der Waals surface area (Å²) >= 11 is 0. The molecule has 5 heteroatoms. The Morgan fingerprint density at radius 3 is 2.12 bits per heavy atom. The molecular weight excluding hydrogens is 430 g/mol. The van der Waals surface area contributed by atoms with Crippen LogP contribution in [0.1, 0.15) is 5.56 Å². The molecule has 0 atom stereocenters. The van der Waals surface area contributed by atoms with E-state index in [9.17, 15) is 8.42 Å². The number of hydrogen-bond donors (Lipinski definition) is 0. The predicted octanol–water partition coefficient (Wildman–Crippen LogP) is 6.53. The topological polar surface area (TPSA) is 48.3 Å². The molecule has 0 bridgehead atoms.